The molecule has 0 aliphatic heterocycles. The standard InChI is InChI=1S/C13H11ClN2O3S/c14-11-3-1-10(2-4-11)9-15-16-12-5-7-13(8-6-12)20(17,18)19/h1-9,16H,(H,17,18,19)/b15-9+. The van der Waals surface area contributed by atoms with Gasteiger partial charge in [0.05, 0.1) is 16.8 Å². The Kier molecular flexibility index (Phi) is 4.39. The Morgan fingerprint density at radius 1 is 1.05 bits per heavy atom. The van der Waals surface area contributed by atoms with Gasteiger partial charge in [-0.2, -0.15) is 13.5 Å². The zero-order chi connectivity index (χ0) is 14.6. The first-order valence-corrected chi connectivity index (χ1v) is 7.39. The highest BCUT2D eigenvalue weighted by atomic mass is 35.5. The van der Waals surface area contributed by atoms with Gasteiger partial charge in [0.15, 0.2) is 0 Å². The molecule has 0 aliphatic carbocycles. The average Bonchev–Trinajstić information content (AvgIpc) is 2.41. The fraction of sp³-hybridized carbons (Fsp3) is 0. The molecule has 0 unspecified atom stereocenters. The van der Waals surface area contributed by atoms with Crippen LogP contribution < -0.4 is 5.43 Å². The third-order valence-corrected chi connectivity index (χ3v) is 3.55. The van der Waals surface area contributed by atoms with Crippen LogP contribution in [0.25, 0.3) is 0 Å². The zero-order valence-electron chi connectivity index (χ0n) is 10.2. The van der Waals surface area contributed by atoms with Crippen LogP contribution >= 0.6 is 11.6 Å². The van der Waals surface area contributed by atoms with Gasteiger partial charge in [-0.25, -0.2) is 0 Å². The Morgan fingerprint density at radius 2 is 1.65 bits per heavy atom. The summed E-state index contributed by atoms with van der Waals surface area (Å²) in [5.41, 5.74) is 4.22. The highest BCUT2D eigenvalue weighted by molar-refractivity contribution is 7.85. The molecule has 0 fully saturated rings. The first-order chi connectivity index (χ1) is 9.45. The van der Waals surface area contributed by atoms with Gasteiger partial charge in [0.1, 0.15) is 0 Å². The van der Waals surface area contributed by atoms with Crippen molar-refractivity contribution in [3.63, 3.8) is 0 Å². The molecule has 0 saturated carbocycles. The molecule has 0 radical (unpaired) electrons. The molecule has 20 heavy (non-hydrogen) atoms. The van der Waals surface area contributed by atoms with Gasteiger partial charge in [-0.1, -0.05) is 23.7 Å². The number of nitrogens with zero attached hydrogens (tertiary/aromatic N) is 1. The minimum absolute atomic E-state index is 0.162. The summed E-state index contributed by atoms with van der Waals surface area (Å²) in [6.45, 7) is 0. The Bertz CT molecular complexity index is 710. The van der Waals surface area contributed by atoms with Crippen molar-refractivity contribution in [3.05, 3.63) is 59.1 Å². The lowest BCUT2D eigenvalue weighted by atomic mass is 10.2. The normalized spacial score (nSPS) is 11.7. The molecule has 0 atom stereocenters. The average molecular weight is 311 g/mol. The van der Waals surface area contributed by atoms with E-state index in [9.17, 15) is 8.42 Å². The Morgan fingerprint density at radius 3 is 2.20 bits per heavy atom. The van der Waals surface area contributed by atoms with Gasteiger partial charge in [0.2, 0.25) is 0 Å². The second-order valence-electron chi connectivity index (χ2n) is 3.92. The molecule has 0 heterocycles. The molecule has 7 heteroatoms. The van der Waals surface area contributed by atoms with Crippen LogP contribution in [0.2, 0.25) is 5.02 Å². The summed E-state index contributed by atoms with van der Waals surface area (Å²) in [6.07, 6.45) is 1.60. The van der Waals surface area contributed by atoms with Crippen LogP contribution in [0.1, 0.15) is 5.56 Å². The first-order valence-electron chi connectivity index (χ1n) is 5.57. The number of rotatable bonds is 4. The maximum atomic E-state index is 10.9. The SMILES string of the molecule is O=S(=O)(O)c1ccc(N/N=C/c2ccc(Cl)cc2)cc1. The van der Waals surface area contributed by atoms with Gasteiger partial charge in [-0.3, -0.25) is 9.98 Å². The van der Waals surface area contributed by atoms with E-state index in [-0.39, 0.29) is 4.90 Å². The summed E-state index contributed by atoms with van der Waals surface area (Å²) in [5.74, 6) is 0. The minimum Gasteiger partial charge on any atom is -0.282 e. The Labute approximate surface area is 121 Å². The second-order valence-corrected chi connectivity index (χ2v) is 5.78. The molecule has 0 aliphatic rings. The van der Waals surface area contributed by atoms with Gasteiger partial charge >= 0.3 is 0 Å². The minimum atomic E-state index is -4.17. The van der Waals surface area contributed by atoms with E-state index in [0.717, 1.165) is 5.56 Å². The van der Waals surface area contributed by atoms with E-state index in [2.05, 4.69) is 10.5 Å². The van der Waals surface area contributed by atoms with E-state index < -0.39 is 10.1 Å². The molecule has 104 valence electrons. The summed E-state index contributed by atoms with van der Waals surface area (Å²) in [4.78, 5) is -0.162. The molecule has 0 spiro atoms. The predicted octanol–water partition coefficient (Wildman–Crippen LogP) is 3.03. The van der Waals surface area contributed by atoms with Crippen molar-refractivity contribution in [1.82, 2.24) is 0 Å². The smallest absolute Gasteiger partial charge is 0.282 e. The lowest BCUT2D eigenvalue weighted by Crippen LogP contribution is -1.98. The fourth-order valence-electron chi connectivity index (χ4n) is 1.43. The number of hydrogen-bond donors (Lipinski definition) is 2. The maximum Gasteiger partial charge on any atom is 0.294 e. The molecule has 5 nitrogen and oxygen atoms in total. The van der Waals surface area contributed by atoms with E-state index in [1.807, 2.05) is 12.1 Å². The molecular formula is C13H11ClN2O3S. The van der Waals surface area contributed by atoms with Crippen LogP contribution in [-0.2, 0) is 10.1 Å². The molecule has 2 aromatic carbocycles. The Hall–Kier alpha value is -1.89. The number of anilines is 1. The largest absolute Gasteiger partial charge is 0.294 e. The predicted molar refractivity (Wildman–Crippen MR) is 78.9 cm³/mol. The molecule has 0 bridgehead atoms. The number of halogens is 1. The van der Waals surface area contributed by atoms with Crippen molar-refractivity contribution in [1.29, 1.82) is 0 Å². The number of hydrogen-bond acceptors (Lipinski definition) is 4. The van der Waals surface area contributed by atoms with Crippen LogP contribution in [-0.4, -0.2) is 19.2 Å². The third-order valence-electron chi connectivity index (χ3n) is 2.43. The molecule has 0 amide bonds. The van der Waals surface area contributed by atoms with Gasteiger partial charge in [0.25, 0.3) is 10.1 Å². The van der Waals surface area contributed by atoms with Crippen LogP contribution in [0.5, 0.6) is 0 Å². The van der Waals surface area contributed by atoms with E-state index >= 15 is 0 Å². The monoisotopic (exact) mass is 310 g/mol. The molecule has 0 saturated heterocycles. The second kappa shape index (κ2) is 6.04. The summed E-state index contributed by atoms with van der Waals surface area (Å²) >= 11 is 5.76. The summed E-state index contributed by atoms with van der Waals surface area (Å²) in [5, 5.41) is 4.65. The van der Waals surface area contributed by atoms with E-state index in [1.54, 1.807) is 18.3 Å². The van der Waals surface area contributed by atoms with Gasteiger partial charge in [-0.05, 0) is 42.0 Å². The highest BCUT2D eigenvalue weighted by Crippen LogP contribution is 2.13. The molecule has 0 aromatic heterocycles. The van der Waals surface area contributed by atoms with Crippen molar-refractivity contribution in [2.45, 2.75) is 4.90 Å². The topological polar surface area (TPSA) is 78.8 Å². The lowest BCUT2D eigenvalue weighted by molar-refractivity contribution is 0.483. The van der Waals surface area contributed by atoms with Gasteiger partial charge in [-0.15, -0.1) is 0 Å². The molecule has 2 N–H and O–H groups in total. The maximum absolute atomic E-state index is 10.9. The van der Waals surface area contributed by atoms with Crippen LogP contribution in [0.15, 0.2) is 58.5 Å². The number of hydrazone groups is 1. The quantitative estimate of drug-likeness (QED) is 0.517. The summed E-state index contributed by atoms with van der Waals surface area (Å²) < 4.78 is 30.6. The van der Waals surface area contributed by atoms with Gasteiger partial charge < -0.3 is 0 Å². The summed E-state index contributed by atoms with van der Waals surface area (Å²) in [7, 11) is -4.17. The lowest BCUT2D eigenvalue weighted by Gasteiger charge is -2.01. The van der Waals surface area contributed by atoms with Crippen molar-refractivity contribution < 1.29 is 13.0 Å². The number of nitrogens with one attached hydrogen (secondary N) is 1. The van der Waals surface area contributed by atoms with Crippen molar-refractivity contribution in [2.24, 2.45) is 5.10 Å². The van der Waals surface area contributed by atoms with E-state index in [4.69, 9.17) is 16.2 Å². The molecule has 2 rings (SSSR count). The Balaban J connectivity index is 2.02. The highest BCUT2D eigenvalue weighted by Gasteiger charge is 2.07. The first kappa shape index (κ1) is 14.5. The van der Waals surface area contributed by atoms with Crippen LogP contribution in [0, 0.1) is 0 Å². The van der Waals surface area contributed by atoms with Gasteiger partial charge in [0, 0.05) is 5.02 Å². The zero-order valence-corrected chi connectivity index (χ0v) is 11.8. The van der Waals surface area contributed by atoms with Crippen molar-refractivity contribution in [2.75, 3.05) is 5.43 Å². The van der Waals surface area contributed by atoms with E-state index in [1.165, 1.54) is 24.3 Å². The summed E-state index contributed by atoms with van der Waals surface area (Å²) in [6, 6.07) is 12.7. The van der Waals surface area contributed by atoms with Crippen molar-refractivity contribution in [3.8, 4) is 0 Å². The fourth-order valence-corrected chi connectivity index (χ4v) is 2.04. The third kappa shape index (κ3) is 4.06. The van der Waals surface area contributed by atoms with Crippen LogP contribution in [0.4, 0.5) is 5.69 Å². The molecular weight excluding hydrogens is 300 g/mol. The number of benzene rings is 2. The van der Waals surface area contributed by atoms with Crippen molar-refractivity contribution >= 4 is 33.6 Å². The van der Waals surface area contributed by atoms with E-state index in [0.29, 0.717) is 10.7 Å². The van der Waals surface area contributed by atoms with Crippen LogP contribution in [0.3, 0.4) is 0 Å². The molecule has 2 aromatic rings.